The third-order valence-electron chi connectivity index (χ3n) is 6.62. The Bertz CT molecular complexity index is 1510. The van der Waals surface area contributed by atoms with E-state index in [1.165, 1.54) is 11.1 Å². The van der Waals surface area contributed by atoms with E-state index in [1.54, 1.807) is 7.11 Å². The molecule has 0 aliphatic heterocycles. The molecule has 36 heavy (non-hydrogen) atoms. The molecule has 5 aromatic rings. The largest absolute Gasteiger partial charge is 0.496 e. The third kappa shape index (κ3) is 4.71. The first kappa shape index (κ1) is 23.3. The van der Waals surface area contributed by atoms with Crippen molar-refractivity contribution in [3.63, 3.8) is 0 Å². The minimum Gasteiger partial charge on any atom is -0.496 e. The van der Waals surface area contributed by atoms with E-state index in [4.69, 9.17) is 4.74 Å². The molecule has 0 heterocycles. The zero-order chi connectivity index (χ0) is 25.1. The standard InChI is InChI=1S/C34H28O2/c1-23-9-11-26(12-10-23)32-20-18-30(22-33(32)36-3)29-17-19-31(24(2)21-29)25-13-15-28(16-14-25)34(35)27-7-5-4-6-8-27/h4-22H,1-3H3. The number of carbonyl (C=O) groups excluding carboxylic acids is 1. The molecule has 2 heteroatoms. The monoisotopic (exact) mass is 468 g/mol. The van der Waals surface area contributed by atoms with Crippen LogP contribution in [0.15, 0.2) is 115 Å². The molecule has 0 saturated heterocycles. The van der Waals surface area contributed by atoms with Crippen molar-refractivity contribution < 1.29 is 9.53 Å². The van der Waals surface area contributed by atoms with E-state index in [1.807, 2.05) is 54.6 Å². The van der Waals surface area contributed by atoms with Crippen LogP contribution in [0.25, 0.3) is 33.4 Å². The summed E-state index contributed by atoms with van der Waals surface area (Å²) in [6.45, 7) is 4.22. The predicted octanol–water partition coefficient (Wildman–Crippen LogP) is 8.54. The van der Waals surface area contributed by atoms with Crippen LogP contribution in [0.1, 0.15) is 27.0 Å². The molecule has 0 radical (unpaired) electrons. The van der Waals surface area contributed by atoms with Crippen LogP contribution in [0.5, 0.6) is 5.75 Å². The quantitative estimate of drug-likeness (QED) is 0.233. The van der Waals surface area contributed by atoms with E-state index < -0.39 is 0 Å². The lowest BCUT2D eigenvalue weighted by molar-refractivity contribution is 0.103. The van der Waals surface area contributed by atoms with Crippen molar-refractivity contribution in [2.24, 2.45) is 0 Å². The zero-order valence-electron chi connectivity index (χ0n) is 20.8. The van der Waals surface area contributed by atoms with Gasteiger partial charge in [-0.15, -0.1) is 0 Å². The number of ketones is 1. The molecule has 0 unspecified atom stereocenters. The second-order valence-corrected chi connectivity index (χ2v) is 9.08. The van der Waals surface area contributed by atoms with Crippen LogP contribution < -0.4 is 4.74 Å². The molecule has 2 nitrogen and oxygen atoms in total. The van der Waals surface area contributed by atoms with Crippen molar-refractivity contribution in [3.8, 4) is 39.1 Å². The summed E-state index contributed by atoms with van der Waals surface area (Å²) in [6, 6.07) is 38.6. The Morgan fingerprint density at radius 2 is 1.08 bits per heavy atom. The van der Waals surface area contributed by atoms with Gasteiger partial charge < -0.3 is 4.74 Å². The highest BCUT2D eigenvalue weighted by molar-refractivity contribution is 6.09. The average Bonchev–Trinajstić information content (AvgIpc) is 2.93. The Hall–Kier alpha value is -4.43. The van der Waals surface area contributed by atoms with Gasteiger partial charge in [-0.1, -0.05) is 115 Å². The molecule has 0 N–H and O–H groups in total. The van der Waals surface area contributed by atoms with E-state index in [0.29, 0.717) is 11.1 Å². The molecule has 0 saturated carbocycles. The Morgan fingerprint density at radius 1 is 0.556 bits per heavy atom. The van der Waals surface area contributed by atoms with Gasteiger partial charge in [0.1, 0.15) is 5.75 Å². The number of aryl methyl sites for hydroxylation is 2. The number of benzene rings is 5. The highest BCUT2D eigenvalue weighted by Gasteiger charge is 2.12. The van der Waals surface area contributed by atoms with Crippen LogP contribution in [0.2, 0.25) is 0 Å². The van der Waals surface area contributed by atoms with Crippen molar-refractivity contribution >= 4 is 5.78 Å². The SMILES string of the molecule is COc1cc(-c2ccc(-c3ccc(C(=O)c4ccccc4)cc3)c(C)c2)ccc1-c1ccc(C)cc1. The fraction of sp³-hybridized carbons (Fsp3) is 0.0882. The Kier molecular flexibility index (Phi) is 6.51. The summed E-state index contributed by atoms with van der Waals surface area (Å²) in [5, 5.41) is 0. The topological polar surface area (TPSA) is 26.3 Å². The van der Waals surface area contributed by atoms with Gasteiger partial charge in [0.15, 0.2) is 5.78 Å². The van der Waals surface area contributed by atoms with Gasteiger partial charge in [0, 0.05) is 16.7 Å². The lowest BCUT2D eigenvalue weighted by Crippen LogP contribution is -2.00. The maximum atomic E-state index is 12.7. The lowest BCUT2D eigenvalue weighted by Gasteiger charge is -2.13. The molecule has 0 bridgehead atoms. The molecule has 0 fully saturated rings. The predicted molar refractivity (Wildman–Crippen MR) is 149 cm³/mol. The number of rotatable bonds is 6. The molecular formula is C34H28O2. The van der Waals surface area contributed by atoms with Gasteiger partial charge in [0.25, 0.3) is 0 Å². The number of carbonyl (C=O) groups is 1. The first-order valence-electron chi connectivity index (χ1n) is 12.1. The fourth-order valence-electron chi connectivity index (χ4n) is 4.57. The molecular weight excluding hydrogens is 440 g/mol. The van der Waals surface area contributed by atoms with Crippen molar-refractivity contribution in [1.82, 2.24) is 0 Å². The summed E-state index contributed by atoms with van der Waals surface area (Å²) in [4.78, 5) is 12.7. The number of hydrogen-bond acceptors (Lipinski definition) is 2. The van der Waals surface area contributed by atoms with Crippen LogP contribution in [-0.4, -0.2) is 12.9 Å². The molecule has 5 rings (SSSR count). The van der Waals surface area contributed by atoms with Gasteiger partial charge in [0.05, 0.1) is 7.11 Å². The highest BCUT2D eigenvalue weighted by atomic mass is 16.5. The number of hydrogen-bond donors (Lipinski definition) is 0. The smallest absolute Gasteiger partial charge is 0.193 e. The summed E-state index contributed by atoms with van der Waals surface area (Å²) in [5.74, 6) is 0.897. The Morgan fingerprint density at radius 3 is 1.72 bits per heavy atom. The van der Waals surface area contributed by atoms with Gasteiger partial charge in [0.2, 0.25) is 0 Å². The summed E-state index contributed by atoms with van der Waals surface area (Å²) in [5.41, 5.74) is 10.5. The first-order valence-corrected chi connectivity index (χ1v) is 12.1. The summed E-state index contributed by atoms with van der Waals surface area (Å²) in [7, 11) is 1.72. The van der Waals surface area contributed by atoms with Crippen LogP contribution in [0.3, 0.4) is 0 Å². The van der Waals surface area contributed by atoms with Crippen molar-refractivity contribution in [2.75, 3.05) is 7.11 Å². The molecule has 0 aliphatic carbocycles. The van der Waals surface area contributed by atoms with Crippen molar-refractivity contribution in [2.45, 2.75) is 13.8 Å². The van der Waals surface area contributed by atoms with Gasteiger partial charge in [-0.05, 0) is 53.3 Å². The second kappa shape index (κ2) is 10.1. The van der Waals surface area contributed by atoms with E-state index in [0.717, 1.165) is 39.1 Å². The van der Waals surface area contributed by atoms with E-state index >= 15 is 0 Å². The van der Waals surface area contributed by atoms with Crippen LogP contribution in [-0.2, 0) is 0 Å². The minimum atomic E-state index is 0.0391. The molecule has 176 valence electrons. The molecule has 0 atom stereocenters. The van der Waals surface area contributed by atoms with E-state index in [9.17, 15) is 4.79 Å². The minimum absolute atomic E-state index is 0.0391. The van der Waals surface area contributed by atoms with Crippen LogP contribution in [0, 0.1) is 13.8 Å². The number of methoxy groups -OCH3 is 1. The van der Waals surface area contributed by atoms with Gasteiger partial charge >= 0.3 is 0 Å². The molecule has 0 aliphatic rings. The van der Waals surface area contributed by atoms with Crippen molar-refractivity contribution in [1.29, 1.82) is 0 Å². The second-order valence-electron chi connectivity index (χ2n) is 9.08. The molecule has 0 aromatic heterocycles. The highest BCUT2D eigenvalue weighted by Crippen LogP contribution is 2.36. The molecule has 0 amide bonds. The van der Waals surface area contributed by atoms with Gasteiger partial charge in [-0.25, -0.2) is 0 Å². The lowest BCUT2D eigenvalue weighted by atomic mass is 9.93. The first-order chi connectivity index (χ1) is 17.5. The van der Waals surface area contributed by atoms with Crippen LogP contribution in [0.4, 0.5) is 0 Å². The normalized spacial score (nSPS) is 10.8. The maximum absolute atomic E-state index is 12.7. The number of ether oxygens (including phenoxy) is 1. The Labute approximate surface area is 212 Å². The average molecular weight is 469 g/mol. The van der Waals surface area contributed by atoms with Crippen molar-refractivity contribution in [3.05, 3.63) is 138 Å². The third-order valence-corrected chi connectivity index (χ3v) is 6.62. The van der Waals surface area contributed by atoms with Gasteiger partial charge in [-0.2, -0.15) is 0 Å². The van der Waals surface area contributed by atoms with E-state index in [2.05, 4.69) is 74.5 Å². The molecule has 0 spiro atoms. The summed E-state index contributed by atoms with van der Waals surface area (Å²) in [6.07, 6.45) is 0. The summed E-state index contributed by atoms with van der Waals surface area (Å²) >= 11 is 0. The van der Waals surface area contributed by atoms with E-state index in [-0.39, 0.29) is 5.78 Å². The maximum Gasteiger partial charge on any atom is 0.193 e. The summed E-state index contributed by atoms with van der Waals surface area (Å²) < 4.78 is 5.75. The zero-order valence-corrected chi connectivity index (χ0v) is 20.8. The van der Waals surface area contributed by atoms with Crippen LogP contribution >= 0.6 is 0 Å². The fourth-order valence-corrected chi connectivity index (χ4v) is 4.57. The molecule has 5 aromatic carbocycles. The van der Waals surface area contributed by atoms with Gasteiger partial charge in [-0.3, -0.25) is 4.79 Å². The Balaban J connectivity index is 1.41.